The molecule has 36 heavy (non-hydrogen) atoms. The fraction of sp³-hybridized carbons (Fsp3) is 0.560. The second-order valence-electron chi connectivity index (χ2n) is 9.91. The van der Waals surface area contributed by atoms with Crippen molar-refractivity contribution >= 4 is 29.1 Å². The Morgan fingerprint density at radius 3 is 2.61 bits per heavy atom. The van der Waals surface area contributed by atoms with Gasteiger partial charge >= 0.3 is 0 Å². The number of carbonyl (C=O) groups is 1. The number of carbonyl (C=O) groups excluding carboxylic acids is 1. The third-order valence-corrected chi connectivity index (χ3v) is 6.43. The molecule has 11 nitrogen and oxygen atoms in total. The second-order valence-corrected chi connectivity index (χ2v) is 9.91. The van der Waals surface area contributed by atoms with Gasteiger partial charge in [-0.25, -0.2) is 14.5 Å². The second kappa shape index (κ2) is 11.1. The number of amides is 1. The van der Waals surface area contributed by atoms with Gasteiger partial charge in [0.15, 0.2) is 11.5 Å². The van der Waals surface area contributed by atoms with E-state index in [1.165, 1.54) is 0 Å². The molecule has 194 valence electrons. The Hall–Kier alpha value is -3.47. The van der Waals surface area contributed by atoms with Crippen LogP contribution in [0.15, 0.2) is 18.5 Å². The highest BCUT2D eigenvalue weighted by Crippen LogP contribution is 2.22. The number of nitrogen functional groups attached to an aromatic ring is 1. The van der Waals surface area contributed by atoms with Crippen LogP contribution in [0.5, 0.6) is 0 Å². The van der Waals surface area contributed by atoms with Crippen LogP contribution in [0.1, 0.15) is 43.5 Å². The van der Waals surface area contributed by atoms with Gasteiger partial charge < -0.3 is 25.8 Å². The van der Waals surface area contributed by atoms with Gasteiger partial charge in [-0.1, -0.05) is 19.4 Å². The van der Waals surface area contributed by atoms with E-state index in [1.54, 1.807) is 10.7 Å². The number of nitrogens with one attached hydrogen (secondary N) is 1. The van der Waals surface area contributed by atoms with E-state index in [2.05, 4.69) is 52.1 Å². The van der Waals surface area contributed by atoms with Crippen LogP contribution >= 0.6 is 0 Å². The summed E-state index contributed by atoms with van der Waals surface area (Å²) >= 11 is 0. The first-order chi connectivity index (χ1) is 17.2. The lowest BCUT2D eigenvalue weighted by atomic mass is 10.1. The van der Waals surface area contributed by atoms with E-state index in [0.717, 1.165) is 48.6 Å². The topological polar surface area (TPSA) is 121 Å². The zero-order valence-corrected chi connectivity index (χ0v) is 22.0. The number of likely N-dealkylation sites (N-methyl/N-ethyl adjacent to an activating group) is 1. The molecule has 4 heterocycles. The molecule has 11 heteroatoms. The minimum Gasteiger partial charge on any atom is -0.380 e. The SMILES string of the molecule is CCC[C@H](C)Nc1nc(N)c2ncc(Cc3cnc(N4CCN(C(=O)CN(C)C)CC4)c(C)c3)n2n1. The van der Waals surface area contributed by atoms with Crippen LogP contribution in [0.4, 0.5) is 17.6 Å². The van der Waals surface area contributed by atoms with Crippen molar-refractivity contribution in [2.45, 2.75) is 46.1 Å². The lowest BCUT2D eigenvalue weighted by molar-refractivity contribution is -0.132. The predicted octanol–water partition coefficient (Wildman–Crippen LogP) is 1.81. The fourth-order valence-electron chi connectivity index (χ4n) is 4.66. The summed E-state index contributed by atoms with van der Waals surface area (Å²) in [5.41, 5.74) is 9.84. The molecule has 3 N–H and O–H groups in total. The molecule has 0 saturated carbocycles. The van der Waals surface area contributed by atoms with Crippen molar-refractivity contribution < 1.29 is 4.79 Å². The first-order valence-corrected chi connectivity index (χ1v) is 12.6. The Morgan fingerprint density at radius 1 is 1.19 bits per heavy atom. The normalized spacial score (nSPS) is 15.1. The molecule has 1 saturated heterocycles. The van der Waals surface area contributed by atoms with E-state index >= 15 is 0 Å². The number of rotatable bonds is 9. The van der Waals surface area contributed by atoms with Gasteiger partial charge in [0.2, 0.25) is 11.9 Å². The van der Waals surface area contributed by atoms with Crippen molar-refractivity contribution in [3.8, 4) is 0 Å². The monoisotopic (exact) mass is 494 g/mol. The van der Waals surface area contributed by atoms with Crippen molar-refractivity contribution in [3.63, 3.8) is 0 Å². The van der Waals surface area contributed by atoms with Crippen molar-refractivity contribution in [3.05, 3.63) is 35.3 Å². The number of hydrogen-bond acceptors (Lipinski definition) is 9. The number of anilines is 3. The minimum absolute atomic E-state index is 0.176. The molecule has 1 aliphatic rings. The summed E-state index contributed by atoms with van der Waals surface area (Å²) in [6.07, 6.45) is 6.44. The third kappa shape index (κ3) is 5.84. The van der Waals surface area contributed by atoms with Crippen molar-refractivity contribution in [2.24, 2.45) is 0 Å². The summed E-state index contributed by atoms with van der Waals surface area (Å²) < 4.78 is 1.77. The molecule has 0 unspecified atom stereocenters. The molecule has 3 aromatic rings. The number of hydrogen-bond donors (Lipinski definition) is 2. The Bertz CT molecular complexity index is 1200. The van der Waals surface area contributed by atoms with Crippen LogP contribution in [0.25, 0.3) is 5.65 Å². The van der Waals surface area contributed by atoms with Gasteiger partial charge in [-0.15, -0.1) is 5.10 Å². The molecular formula is C25H38N10O. The minimum atomic E-state index is 0.176. The number of aryl methyl sites for hydroxylation is 1. The lowest BCUT2D eigenvalue weighted by Gasteiger charge is -2.36. The number of fused-ring (bicyclic) bond motifs is 1. The van der Waals surface area contributed by atoms with E-state index < -0.39 is 0 Å². The van der Waals surface area contributed by atoms with E-state index in [0.29, 0.717) is 43.5 Å². The number of aromatic nitrogens is 5. The lowest BCUT2D eigenvalue weighted by Crippen LogP contribution is -2.51. The molecular weight excluding hydrogens is 456 g/mol. The Kier molecular flexibility index (Phi) is 7.88. The molecule has 0 spiro atoms. The van der Waals surface area contributed by atoms with Crippen LogP contribution in [0, 0.1) is 6.92 Å². The summed E-state index contributed by atoms with van der Waals surface area (Å²) in [6.45, 7) is 9.78. The fourth-order valence-corrected chi connectivity index (χ4v) is 4.66. The van der Waals surface area contributed by atoms with Crippen LogP contribution in [-0.4, -0.2) is 93.1 Å². The molecule has 0 bridgehead atoms. The quantitative estimate of drug-likeness (QED) is 0.459. The zero-order valence-electron chi connectivity index (χ0n) is 22.0. The Morgan fingerprint density at radius 2 is 1.94 bits per heavy atom. The van der Waals surface area contributed by atoms with Gasteiger partial charge in [-0.3, -0.25) is 4.79 Å². The maximum Gasteiger partial charge on any atom is 0.243 e. The standard InChI is InChI=1S/C25H38N10O/c1-6-7-18(3)29-25-30-22(26)24-28-15-20(35(24)31-25)13-19-12-17(2)23(27-14-19)34-10-8-33(9-11-34)21(36)16-32(4)5/h12,14-15,18H,6-11,13,16H2,1-5H3,(H3,26,29,30,31)/t18-/m0/s1. The number of piperazine rings is 1. The van der Waals surface area contributed by atoms with E-state index in [-0.39, 0.29) is 11.9 Å². The molecule has 0 aromatic carbocycles. The summed E-state index contributed by atoms with van der Waals surface area (Å²) in [7, 11) is 3.84. The largest absolute Gasteiger partial charge is 0.380 e. The molecule has 4 rings (SSSR count). The number of nitrogens with two attached hydrogens (primary N) is 1. The van der Waals surface area contributed by atoms with Gasteiger partial charge in [0, 0.05) is 44.8 Å². The van der Waals surface area contributed by atoms with Crippen molar-refractivity contribution in [1.82, 2.24) is 34.4 Å². The molecule has 1 fully saturated rings. The van der Waals surface area contributed by atoms with Gasteiger partial charge in [-0.05, 0) is 45.5 Å². The first-order valence-electron chi connectivity index (χ1n) is 12.6. The van der Waals surface area contributed by atoms with Crippen LogP contribution in [0.3, 0.4) is 0 Å². The highest BCUT2D eigenvalue weighted by atomic mass is 16.2. The Labute approximate surface area is 212 Å². The third-order valence-electron chi connectivity index (χ3n) is 6.43. The zero-order chi connectivity index (χ0) is 25.8. The van der Waals surface area contributed by atoms with Gasteiger partial charge in [-0.2, -0.15) is 4.98 Å². The highest BCUT2D eigenvalue weighted by molar-refractivity contribution is 5.78. The molecule has 3 aromatic heterocycles. The average Bonchev–Trinajstić information content (AvgIpc) is 3.22. The Balaban J connectivity index is 1.46. The molecule has 0 aliphatic carbocycles. The summed E-state index contributed by atoms with van der Waals surface area (Å²) in [6, 6.07) is 2.42. The molecule has 1 atom stereocenters. The molecule has 1 amide bonds. The predicted molar refractivity (Wildman–Crippen MR) is 142 cm³/mol. The van der Waals surface area contributed by atoms with E-state index in [9.17, 15) is 4.79 Å². The van der Waals surface area contributed by atoms with E-state index in [1.807, 2.05) is 30.1 Å². The van der Waals surface area contributed by atoms with Crippen LogP contribution in [-0.2, 0) is 11.2 Å². The molecule has 1 aliphatic heterocycles. The highest BCUT2D eigenvalue weighted by Gasteiger charge is 2.23. The van der Waals surface area contributed by atoms with Crippen LogP contribution < -0.4 is 16.0 Å². The maximum atomic E-state index is 12.4. The number of nitrogens with zero attached hydrogens (tertiary/aromatic N) is 8. The van der Waals surface area contributed by atoms with Gasteiger partial charge in [0.05, 0.1) is 18.4 Å². The van der Waals surface area contributed by atoms with Crippen molar-refractivity contribution in [2.75, 3.05) is 62.8 Å². The van der Waals surface area contributed by atoms with Gasteiger partial charge in [0.1, 0.15) is 5.82 Å². The summed E-state index contributed by atoms with van der Waals surface area (Å²) in [5, 5.41) is 7.99. The van der Waals surface area contributed by atoms with Gasteiger partial charge in [0.25, 0.3) is 0 Å². The van der Waals surface area contributed by atoms with Crippen LogP contribution in [0.2, 0.25) is 0 Å². The summed E-state index contributed by atoms with van der Waals surface area (Å²) in [5.74, 6) is 2.01. The molecule has 0 radical (unpaired) electrons. The smallest absolute Gasteiger partial charge is 0.243 e. The maximum absolute atomic E-state index is 12.4. The first kappa shape index (κ1) is 25.6. The number of imidazole rings is 1. The average molecular weight is 495 g/mol. The number of pyridine rings is 1. The summed E-state index contributed by atoms with van der Waals surface area (Å²) in [4.78, 5) is 32.1. The van der Waals surface area contributed by atoms with Crippen molar-refractivity contribution in [1.29, 1.82) is 0 Å². The van der Waals surface area contributed by atoms with E-state index in [4.69, 9.17) is 10.7 Å².